The number of hydrogen-bond acceptors (Lipinski definition) is 6. The lowest BCUT2D eigenvalue weighted by Gasteiger charge is -2.06. The summed E-state index contributed by atoms with van der Waals surface area (Å²) >= 11 is 0. The number of rotatable bonds is 6. The molecule has 0 unspecified atom stereocenters. The van der Waals surface area contributed by atoms with Crippen LogP contribution < -0.4 is 10.6 Å². The maximum atomic E-state index is 12.0. The van der Waals surface area contributed by atoms with Crippen LogP contribution in [-0.4, -0.2) is 43.1 Å². The fourth-order valence-corrected chi connectivity index (χ4v) is 2.10. The number of aromatic nitrogens is 2. The number of para-hydroxylation sites is 1. The number of anilines is 2. The van der Waals surface area contributed by atoms with Crippen molar-refractivity contribution in [2.75, 3.05) is 29.2 Å². The minimum absolute atomic E-state index is 0.00489. The van der Waals surface area contributed by atoms with Gasteiger partial charge in [-0.2, -0.15) is 0 Å². The molecule has 116 valence electrons. The minimum Gasteiger partial charge on any atom is -0.368 e. The van der Waals surface area contributed by atoms with E-state index in [2.05, 4.69) is 20.8 Å². The van der Waals surface area contributed by atoms with E-state index in [0.29, 0.717) is 11.5 Å². The molecular formula is C14H16N4O3S. The Bertz CT molecular complexity index is 730. The Morgan fingerprint density at radius 1 is 1.09 bits per heavy atom. The van der Waals surface area contributed by atoms with Crippen molar-refractivity contribution in [1.29, 1.82) is 0 Å². The molecule has 2 aromatic rings. The first-order chi connectivity index (χ1) is 10.4. The van der Waals surface area contributed by atoms with Gasteiger partial charge in [0, 0.05) is 18.5 Å². The number of nitrogens with zero attached hydrogens (tertiary/aromatic N) is 2. The molecule has 1 amide bonds. The normalized spacial score (nSPS) is 11.0. The summed E-state index contributed by atoms with van der Waals surface area (Å²) in [7, 11) is -3.03. The van der Waals surface area contributed by atoms with Crippen LogP contribution in [0.5, 0.6) is 0 Å². The van der Waals surface area contributed by atoms with Gasteiger partial charge in [0.1, 0.15) is 15.7 Å². The van der Waals surface area contributed by atoms with E-state index in [4.69, 9.17) is 0 Å². The Morgan fingerprint density at radius 2 is 1.82 bits per heavy atom. The second kappa shape index (κ2) is 6.99. The first-order valence-corrected chi connectivity index (χ1v) is 8.62. The molecule has 0 aliphatic rings. The third-order valence-electron chi connectivity index (χ3n) is 2.71. The van der Waals surface area contributed by atoms with Gasteiger partial charge in [-0.3, -0.25) is 4.79 Å². The largest absolute Gasteiger partial charge is 0.368 e. The highest BCUT2D eigenvalue weighted by Crippen LogP contribution is 2.08. The Morgan fingerprint density at radius 3 is 2.41 bits per heavy atom. The average Bonchev–Trinajstić information content (AvgIpc) is 2.47. The maximum absolute atomic E-state index is 12.0. The van der Waals surface area contributed by atoms with Crippen LogP contribution >= 0.6 is 0 Å². The Hall–Kier alpha value is -2.48. The number of carbonyl (C=O) groups is 1. The quantitative estimate of drug-likeness (QED) is 0.829. The maximum Gasteiger partial charge on any atom is 0.276 e. The van der Waals surface area contributed by atoms with Crippen molar-refractivity contribution in [3.63, 3.8) is 0 Å². The molecule has 0 saturated heterocycles. The highest BCUT2D eigenvalue weighted by atomic mass is 32.2. The molecule has 0 aliphatic heterocycles. The smallest absolute Gasteiger partial charge is 0.276 e. The number of sulfone groups is 1. The molecule has 7 nitrogen and oxygen atoms in total. The van der Waals surface area contributed by atoms with Crippen LogP contribution in [0.15, 0.2) is 42.5 Å². The number of benzene rings is 1. The van der Waals surface area contributed by atoms with Gasteiger partial charge < -0.3 is 10.6 Å². The molecular weight excluding hydrogens is 304 g/mol. The molecule has 2 rings (SSSR count). The Balaban J connectivity index is 1.92. The van der Waals surface area contributed by atoms with E-state index in [1.807, 2.05) is 18.2 Å². The molecule has 1 heterocycles. The minimum atomic E-state index is -3.03. The summed E-state index contributed by atoms with van der Waals surface area (Å²) in [5.74, 6) is 0.0616. The summed E-state index contributed by atoms with van der Waals surface area (Å²) in [5.41, 5.74) is 0.849. The predicted octanol–water partition coefficient (Wildman–Crippen LogP) is 1.19. The molecule has 0 aliphatic carbocycles. The number of amides is 1. The molecule has 0 saturated carbocycles. The summed E-state index contributed by atoms with van der Waals surface area (Å²) in [6.45, 7) is 0.239. The van der Waals surface area contributed by atoms with Crippen molar-refractivity contribution in [3.8, 4) is 0 Å². The summed E-state index contributed by atoms with van der Waals surface area (Å²) in [6, 6.07) is 12.1. The van der Waals surface area contributed by atoms with Gasteiger partial charge in [0.15, 0.2) is 5.69 Å². The van der Waals surface area contributed by atoms with Crippen LogP contribution in [0.4, 0.5) is 11.5 Å². The molecule has 0 atom stereocenters. The number of hydrogen-bond donors (Lipinski definition) is 2. The second-order valence-electron chi connectivity index (χ2n) is 4.68. The van der Waals surface area contributed by atoms with Gasteiger partial charge in [-0.1, -0.05) is 18.2 Å². The fourth-order valence-electron chi connectivity index (χ4n) is 1.63. The van der Waals surface area contributed by atoms with Crippen molar-refractivity contribution < 1.29 is 13.2 Å². The molecule has 2 N–H and O–H groups in total. The van der Waals surface area contributed by atoms with Gasteiger partial charge in [-0.15, -0.1) is 10.2 Å². The molecule has 22 heavy (non-hydrogen) atoms. The van der Waals surface area contributed by atoms with E-state index in [1.165, 1.54) is 6.07 Å². The predicted molar refractivity (Wildman–Crippen MR) is 84.6 cm³/mol. The molecule has 1 aromatic heterocycles. The third kappa shape index (κ3) is 5.13. The van der Waals surface area contributed by atoms with Gasteiger partial charge in [-0.05, 0) is 24.3 Å². The Kier molecular flexibility index (Phi) is 5.05. The molecule has 0 fully saturated rings. The van der Waals surface area contributed by atoms with Crippen LogP contribution in [0, 0.1) is 0 Å². The first kappa shape index (κ1) is 15.9. The summed E-state index contributed by atoms with van der Waals surface area (Å²) < 4.78 is 22.0. The SMILES string of the molecule is CS(=O)(=O)CCNc1ccc(C(=O)Nc2ccccc2)nn1. The first-order valence-electron chi connectivity index (χ1n) is 6.56. The van der Waals surface area contributed by atoms with Crippen LogP contribution in [0.3, 0.4) is 0 Å². The van der Waals surface area contributed by atoms with E-state index < -0.39 is 9.84 Å². The van der Waals surface area contributed by atoms with Crippen molar-refractivity contribution >= 4 is 27.2 Å². The third-order valence-corrected chi connectivity index (χ3v) is 3.65. The second-order valence-corrected chi connectivity index (χ2v) is 6.94. The fraction of sp³-hybridized carbons (Fsp3) is 0.214. The highest BCUT2D eigenvalue weighted by Gasteiger charge is 2.08. The monoisotopic (exact) mass is 320 g/mol. The molecule has 1 aromatic carbocycles. The van der Waals surface area contributed by atoms with E-state index in [9.17, 15) is 13.2 Å². The summed E-state index contributed by atoms with van der Waals surface area (Å²) in [4.78, 5) is 12.0. The average molecular weight is 320 g/mol. The highest BCUT2D eigenvalue weighted by molar-refractivity contribution is 7.90. The lowest BCUT2D eigenvalue weighted by atomic mass is 10.3. The van der Waals surface area contributed by atoms with Crippen LogP contribution in [0.1, 0.15) is 10.5 Å². The van der Waals surface area contributed by atoms with E-state index in [0.717, 1.165) is 6.26 Å². The van der Waals surface area contributed by atoms with Gasteiger partial charge in [-0.25, -0.2) is 8.42 Å². The lowest BCUT2D eigenvalue weighted by Crippen LogP contribution is -2.17. The lowest BCUT2D eigenvalue weighted by molar-refractivity contribution is 0.102. The van der Waals surface area contributed by atoms with Gasteiger partial charge in [0.05, 0.1) is 5.75 Å². The van der Waals surface area contributed by atoms with Gasteiger partial charge in [0.25, 0.3) is 5.91 Å². The van der Waals surface area contributed by atoms with Crippen molar-refractivity contribution in [2.45, 2.75) is 0 Å². The van der Waals surface area contributed by atoms with E-state index >= 15 is 0 Å². The van der Waals surface area contributed by atoms with Crippen LogP contribution in [0.25, 0.3) is 0 Å². The zero-order valence-electron chi connectivity index (χ0n) is 12.0. The molecule has 0 bridgehead atoms. The van der Waals surface area contributed by atoms with Crippen molar-refractivity contribution in [3.05, 3.63) is 48.2 Å². The molecule has 0 spiro atoms. The topological polar surface area (TPSA) is 101 Å². The summed E-state index contributed by atoms with van der Waals surface area (Å²) in [5, 5.41) is 13.2. The zero-order chi connectivity index (χ0) is 16.0. The molecule has 0 radical (unpaired) electrons. The Labute approximate surface area is 128 Å². The van der Waals surface area contributed by atoms with Crippen molar-refractivity contribution in [1.82, 2.24) is 10.2 Å². The van der Waals surface area contributed by atoms with Crippen LogP contribution in [-0.2, 0) is 9.84 Å². The number of carbonyl (C=O) groups excluding carboxylic acids is 1. The van der Waals surface area contributed by atoms with Gasteiger partial charge in [0.2, 0.25) is 0 Å². The zero-order valence-corrected chi connectivity index (χ0v) is 12.8. The van der Waals surface area contributed by atoms with Crippen LogP contribution in [0.2, 0.25) is 0 Å². The van der Waals surface area contributed by atoms with E-state index in [1.54, 1.807) is 18.2 Å². The summed E-state index contributed by atoms with van der Waals surface area (Å²) in [6.07, 6.45) is 1.16. The standard InChI is InChI=1S/C14H16N4O3S/c1-22(20,21)10-9-15-13-8-7-12(17-18-13)14(19)16-11-5-3-2-4-6-11/h2-8H,9-10H2,1H3,(H,15,18)(H,16,19). The van der Waals surface area contributed by atoms with Gasteiger partial charge >= 0.3 is 0 Å². The van der Waals surface area contributed by atoms with Crippen molar-refractivity contribution in [2.24, 2.45) is 0 Å². The van der Waals surface area contributed by atoms with E-state index in [-0.39, 0.29) is 23.9 Å². The molecule has 8 heteroatoms. The number of nitrogens with one attached hydrogen (secondary N) is 2.